The Morgan fingerprint density at radius 2 is 2.06 bits per heavy atom. The van der Waals surface area contributed by atoms with Crippen LogP contribution in [0.3, 0.4) is 0 Å². The van der Waals surface area contributed by atoms with E-state index in [9.17, 15) is 18.0 Å². The number of fused-ring (bicyclic) bond motifs is 1. The van der Waals surface area contributed by atoms with Gasteiger partial charge in [-0.05, 0) is 45.3 Å². The molecule has 7 heteroatoms. The second-order valence-corrected chi connectivity index (χ2v) is 4.67. The number of amides is 1. The van der Waals surface area contributed by atoms with E-state index in [-0.39, 0.29) is 6.54 Å². The molecule has 0 saturated carbocycles. The van der Waals surface area contributed by atoms with Gasteiger partial charge in [0.15, 0.2) is 0 Å². The van der Waals surface area contributed by atoms with Crippen LogP contribution in [-0.4, -0.2) is 17.0 Å². The first-order valence-electron chi connectivity index (χ1n) is 4.93. The van der Waals surface area contributed by atoms with Crippen LogP contribution in [0.1, 0.15) is 11.1 Å². The molecule has 1 amide bonds. The standard InChI is InChI=1S/C11H8BrF3N2O/c12-8-3-7-5-17(10(18)11(13,14)15)2-1-6(7)4-9(8)16/h1-4H,5,16H2. The molecule has 2 rings (SSSR count). The third-order valence-electron chi connectivity index (χ3n) is 2.54. The van der Waals surface area contributed by atoms with Crippen LogP contribution < -0.4 is 5.73 Å². The van der Waals surface area contributed by atoms with Crippen molar-refractivity contribution in [3.8, 4) is 0 Å². The molecule has 0 fully saturated rings. The number of carbonyl (C=O) groups excluding carboxylic acids is 1. The Morgan fingerprint density at radius 1 is 1.39 bits per heavy atom. The minimum atomic E-state index is -4.87. The lowest BCUT2D eigenvalue weighted by atomic mass is 10.0. The maximum absolute atomic E-state index is 12.3. The lowest BCUT2D eigenvalue weighted by molar-refractivity contribution is -0.183. The molecule has 1 aliphatic rings. The molecule has 1 heterocycles. The molecular formula is C11H8BrF3N2O. The summed E-state index contributed by atoms with van der Waals surface area (Å²) in [5.41, 5.74) is 7.48. The van der Waals surface area contributed by atoms with E-state index < -0.39 is 12.1 Å². The normalized spacial score (nSPS) is 14.6. The first kappa shape index (κ1) is 12.9. The van der Waals surface area contributed by atoms with Crippen molar-refractivity contribution in [2.45, 2.75) is 12.7 Å². The fourth-order valence-corrected chi connectivity index (χ4v) is 2.04. The third kappa shape index (κ3) is 2.35. The number of nitrogens with two attached hydrogens (primary N) is 1. The van der Waals surface area contributed by atoms with Crippen LogP contribution in [0.5, 0.6) is 0 Å². The Balaban J connectivity index is 2.31. The summed E-state index contributed by atoms with van der Waals surface area (Å²) in [4.78, 5) is 11.7. The minimum absolute atomic E-state index is 0.122. The Kier molecular flexibility index (Phi) is 3.10. The molecule has 18 heavy (non-hydrogen) atoms. The lowest BCUT2D eigenvalue weighted by Gasteiger charge is -2.24. The second kappa shape index (κ2) is 4.31. The molecule has 3 nitrogen and oxygen atoms in total. The molecule has 1 aliphatic heterocycles. The molecule has 0 saturated heterocycles. The van der Waals surface area contributed by atoms with Gasteiger partial charge in [0.25, 0.3) is 0 Å². The number of carbonyl (C=O) groups is 1. The highest BCUT2D eigenvalue weighted by Crippen LogP contribution is 2.30. The van der Waals surface area contributed by atoms with E-state index in [2.05, 4.69) is 15.9 Å². The van der Waals surface area contributed by atoms with Crippen molar-refractivity contribution in [3.05, 3.63) is 33.9 Å². The number of halogens is 4. The number of hydrogen-bond donors (Lipinski definition) is 1. The van der Waals surface area contributed by atoms with Crippen molar-refractivity contribution in [2.75, 3.05) is 5.73 Å². The lowest BCUT2D eigenvalue weighted by Crippen LogP contribution is -2.38. The average molecular weight is 321 g/mol. The topological polar surface area (TPSA) is 46.3 Å². The summed E-state index contributed by atoms with van der Waals surface area (Å²) in [6.07, 6.45) is -2.32. The number of anilines is 1. The van der Waals surface area contributed by atoms with E-state index in [1.54, 1.807) is 12.1 Å². The van der Waals surface area contributed by atoms with E-state index in [4.69, 9.17) is 5.73 Å². The van der Waals surface area contributed by atoms with Crippen LogP contribution >= 0.6 is 15.9 Å². The van der Waals surface area contributed by atoms with Gasteiger partial charge in [-0.25, -0.2) is 0 Å². The Hall–Kier alpha value is -1.50. The molecule has 2 N–H and O–H groups in total. The van der Waals surface area contributed by atoms with Gasteiger partial charge in [0.2, 0.25) is 0 Å². The van der Waals surface area contributed by atoms with Crippen molar-refractivity contribution >= 4 is 33.6 Å². The van der Waals surface area contributed by atoms with Gasteiger partial charge in [0.05, 0.1) is 6.54 Å². The molecule has 0 aliphatic carbocycles. The number of nitrogen functional groups attached to an aromatic ring is 1. The highest BCUT2D eigenvalue weighted by Gasteiger charge is 2.42. The predicted molar refractivity (Wildman–Crippen MR) is 64.2 cm³/mol. The third-order valence-corrected chi connectivity index (χ3v) is 3.22. The van der Waals surface area contributed by atoms with Crippen LogP contribution in [0.4, 0.5) is 18.9 Å². The highest BCUT2D eigenvalue weighted by molar-refractivity contribution is 9.10. The number of alkyl halides is 3. The van der Waals surface area contributed by atoms with Crippen molar-refractivity contribution in [2.24, 2.45) is 0 Å². The number of benzene rings is 1. The summed E-state index contributed by atoms with van der Waals surface area (Å²) in [6.45, 7) is -0.122. The van der Waals surface area contributed by atoms with E-state index in [0.29, 0.717) is 26.2 Å². The molecule has 0 spiro atoms. The summed E-state index contributed by atoms with van der Waals surface area (Å²) >= 11 is 3.20. The predicted octanol–water partition coefficient (Wildman–Crippen LogP) is 2.91. The Morgan fingerprint density at radius 3 is 2.67 bits per heavy atom. The van der Waals surface area contributed by atoms with Crippen molar-refractivity contribution in [1.29, 1.82) is 0 Å². The second-order valence-electron chi connectivity index (χ2n) is 3.82. The number of nitrogens with zero attached hydrogens (tertiary/aromatic N) is 1. The van der Waals surface area contributed by atoms with E-state index in [0.717, 1.165) is 6.20 Å². The minimum Gasteiger partial charge on any atom is -0.398 e. The zero-order chi connectivity index (χ0) is 13.5. The van der Waals surface area contributed by atoms with Crippen LogP contribution in [0.2, 0.25) is 0 Å². The van der Waals surface area contributed by atoms with Gasteiger partial charge in [-0.15, -0.1) is 0 Å². The van der Waals surface area contributed by atoms with Crippen LogP contribution in [0, 0.1) is 0 Å². The molecule has 1 aromatic rings. The zero-order valence-electron chi connectivity index (χ0n) is 8.96. The SMILES string of the molecule is Nc1cc2c(cc1Br)CN(C(=O)C(F)(F)F)C=C2. The van der Waals surface area contributed by atoms with Crippen LogP contribution in [0.15, 0.2) is 22.8 Å². The maximum atomic E-state index is 12.3. The molecule has 0 unspecified atom stereocenters. The van der Waals surface area contributed by atoms with Gasteiger partial charge in [-0.1, -0.05) is 0 Å². The summed E-state index contributed by atoms with van der Waals surface area (Å²) in [6, 6.07) is 3.26. The monoisotopic (exact) mass is 320 g/mol. The maximum Gasteiger partial charge on any atom is 0.471 e. The fourth-order valence-electron chi connectivity index (χ4n) is 1.65. The molecule has 0 aromatic heterocycles. The fraction of sp³-hybridized carbons (Fsp3) is 0.182. The van der Waals surface area contributed by atoms with Gasteiger partial charge in [-0.2, -0.15) is 13.2 Å². The molecule has 0 bridgehead atoms. The highest BCUT2D eigenvalue weighted by atomic mass is 79.9. The zero-order valence-corrected chi connectivity index (χ0v) is 10.5. The summed E-state index contributed by atoms with van der Waals surface area (Å²) in [5.74, 6) is -1.88. The van der Waals surface area contributed by atoms with Crippen LogP contribution in [-0.2, 0) is 11.3 Å². The van der Waals surface area contributed by atoms with Gasteiger partial charge >= 0.3 is 12.1 Å². The van der Waals surface area contributed by atoms with Gasteiger partial charge in [0.1, 0.15) is 0 Å². The van der Waals surface area contributed by atoms with Gasteiger partial charge < -0.3 is 10.6 Å². The summed E-state index contributed by atoms with van der Waals surface area (Å²) < 4.78 is 37.5. The smallest absolute Gasteiger partial charge is 0.398 e. The van der Waals surface area contributed by atoms with E-state index in [1.165, 1.54) is 6.08 Å². The quantitative estimate of drug-likeness (QED) is 0.747. The summed E-state index contributed by atoms with van der Waals surface area (Å²) in [5, 5.41) is 0. The van der Waals surface area contributed by atoms with Crippen molar-refractivity contribution < 1.29 is 18.0 Å². The Labute approximate surface area is 109 Å². The number of rotatable bonds is 0. The molecule has 0 radical (unpaired) electrons. The van der Waals surface area contributed by atoms with Gasteiger partial charge in [-0.3, -0.25) is 4.79 Å². The molecule has 0 atom stereocenters. The average Bonchev–Trinajstić information content (AvgIpc) is 2.28. The van der Waals surface area contributed by atoms with Crippen LogP contribution in [0.25, 0.3) is 6.08 Å². The number of hydrogen-bond acceptors (Lipinski definition) is 2. The van der Waals surface area contributed by atoms with Crippen molar-refractivity contribution in [1.82, 2.24) is 4.90 Å². The van der Waals surface area contributed by atoms with Crippen molar-refractivity contribution in [3.63, 3.8) is 0 Å². The molecule has 96 valence electrons. The first-order valence-corrected chi connectivity index (χ1v) is 5.72. The molecule has 1 aromatic carbocycles. The first-order chi connectivity index (χ1) is 8.29. The van der Waals surface area contributed by atoms with Gasteiger partial charge in [0, 0.05) is 16.4 Å². The largest absolute Gasteiger partial charge is 0.471 e. The van der Waals surface area contributed by atoms with E-state index >= 15 is 0 Å². The van der Waals surface area contributed by atoms with E-state index in [1.807, 2.05) is 0 Å². The Bertz CT molecular complexity index is 540. The molecular weight excluding hydrogens is 313 g/mol. The summed E-state index contributed by atoms with van der Waals surface area (Å²) in [7, 11) is 0.